The zero-order valence-electron chi connectivity index (χ0n) is 18.2. The van der Waals surface area contributed by atoms with Crippen molar-refractivity contribution in [2.75, 3.05) is 11.1 Å². The number of amides is 1. The Labute approximate surface area is 189 Å². The van der Waals surface area contributed by atoms with Crippen LogP contribution < -0.4 is 5.32 Å². The number of carbonyl (C=O) groups excluding carboxylic acids is 1. The van der Waals surface area contributed by atoms with Gasteiger partial charge in [0.25, 0.3) is 5.91 Å². The minimum absolute atomic E-state index is 0.179. The lowest BCUT2D eigenvalue weighted by molar-refractivity contribution is 0.102. The summed E-state index contributed by atoms with van der Waals surface area (Å²) in [6.45, 7) is 3.94. The molecule has 0 saturated heterocycles. The molecule has 0 aromatic heterocycles. The maximum Gasteiger partial charge on any atom is 0.255 e. The third-order valence-corrected chi connectivity index (χ3v) is 7.86. The Balaban J connectivity index is 1.57. The Morgan fingerprint density at radius 2 is 1.81 bits per heavy atom. The molecule has 4 rings (SSSR count). The number of anilines is 1. The van der Waals surface area contributed by atoms with Crippen molar-refractivity contribution in [3.8, 4) is 0 Å². The highest BCUT2D eigenvalue weighted by molar-refractivity contribution is 7.91. The summed E-state index contributed by atoms with van der Waals surface area (Å²) >= 11 is 0. The molecule has 32 heavy (non-hydrogen) atoms. The zero-order valence-corrected chi connectivity index (χ0v) is 19.0. The van der Waals surface area contributed by atoms with Gasteiger partial charge in [-0.05, 0) is 72.9 Å². The molecule has 5 nitrogen and oxygen atoms in total. The summed E-state index contributed by atoms with van der Waals surface area (Å²) < 4.78 is 26.1. The van der Waals surface area contributed by atoms with Gasteiger partial charge in [0, 0.05) is 17.2 Å². The van der Waals surface area contributed by atoms with Crippen LogP contribution in [0.1, 0.15) is 45.5 Å². The summed E-state index contributed by atoms with van der Waals surface area (Å²) in [5.74, 6) is -0.953. The van der Waals surface area contributed by atoms with Gasteiger partial charge in [-0.3, -0.25) is 4.79 Å². The molecule has 3 aromatic carbocycles. The highest BCUT2D eigenvalue weighted by Crippen LogP contribution is 2.37. The number of nitrogens with one attached hydrogen (secondary N) is 1. The van der Waals surface area contributed by atoms with Crippen LogP contribution in [0.15, 0.2) is 71.6 Å². The first-order valence-corrected chi connectivity index (χ1v) is 12.4. The number of aliphatic hydroxyl groups excluding tert-OH is 1. The Morgan fingerprint density at radius 1 is 1.06 bits per heavy atom. The molecule has 2 unspecified atom stereocenters. The van der Waals surface area contributed by atoms with Gasteiger partial charge in [-0.2, -0.15) is 0 Å². The number of aryl methyl sites for hydroxylation is 2. The molecule has 2 atom stereocenters. The van der Waals surface area contributed by atoms with Crippen LogP contribution >= 0.6 is 0 Å². The summed E-state index contributed by atoms with van der Waals surface area (Å²) in [6.07, 6.45) is 0.458. The van der Waals surface area contributed by atoms with E-state index in [-0.39, 0.29) is 16.6 Å². The second-order valence-corrected chi connectivity index (χ2v) is 10.4. The van der Waals surface area contributed by atoms with E-state index in [1.54, 1.807) is 30.3 Å². The molecule has 0 heterocycles. The lowest BCUT2D eigenvalue weighted by atomic mass is 10.0. The Hall–Kier alpha value is -2.96. The van der Waals surface area contributed by atoms with Crippen molar-refractivity contribution >= 4 is 21.4 Å². The van der Waals surface area contributed by atoms with Gasteiger partial charge < -0.3 is 10.4 Å². The number of sulfone groups is 1. The molecule has 6 heteroatoms. The van der Waals surface area contributed by atoms with Gasteiger partial charge in [0.05, 0.1) is 16.8 Å². The van der Waals surface area contributed by atoms with E-state index in [1.165, 1.54) is 0 Å². The minimum Gasteiger partial charge on any atom is -0.392 e. The Morgan fingerprint density at radius 3 is 2.50 bits per heavy atom. The van der Waals surface area contributed by atoms with Crippen molar-refractivity contribution in [3.05, 3.63) is 94.5 Å². The van der Waals surface area contributed by atoms with Crippen molar-refractivity contribution in [2.24, 2.45) is 0 Å². The van der Waals surface area contributed by atoms with E-state index in [2.05, 4.69) is 5.32 Å². The molecule has 166 valence electrons. The summed E-state index contributed by atoms with van der Waals surface area (Å²) in [7, 11) is -3.58. The van der Waals surface area contributed by atoms with E-state index in [9.17, 15) is 18.3 Å². The van der Waals surface area contributed by atoms with Crippen LogP contribution in [0.25, 0.3) is 0 Å². The molecule has 0 aliphatic heterocycles. The molecular formula is C26H27NO4S. The summed E-state index contributed by atoms with van der Waals surface area (Å²) in [6, 6.07) is 19.7. The van der Waals surface area contributed by atoms with E-state index in [0.717, 1.165) is 28.7 Å². The highest BCUT2D eigenvalue weighted by Gasteiger charge is 2.35. The van der Waals surface area contributed by atoms with Gasteiger partial charge in [-0.1, -0.05) is 42.8 Å². The normalized spacial score (nSPS) is 17.7. The number of hydrogen-bond donors (Lipinski definition) is 2. The van der Waals surface area contributed by atoms with Crippen LogP contribution in [0, 0.1) is 6.92 Å². The number of carbonyl (C=O) groups is 1. The van der Waals surface area contributed by atoms with Crippen molar-refractivity contribution in [1.29, 1.82) is 0 Å². The average molecular weight is 450 g/mol. The number of aliphatic hydroxyl groups is 1. The van der Waals surface area contributed by atoms with Crippen LogP contribution in [0.4, 0.5) is 5.69 Å². The SMILES string of the molecule is CCc1ccc(S(=O)(=O)CC2c3cc(NC(=O)c4cccc(C)c4)ccc3CC2O)cc1. The molecule has 0 saturated carbocycles. The molecular weight excluding hydrogens is 422 g/mol. The van der Waals surface area contributed by atoms with Crippen LogP contribution in [0.5, 0.6) is 0 Å². The monoisotopic (exact) mass is 449 g/mol. The van der Waals surface area contributed by atoms with Crippen LogP contribution in [0.2, 0.25) is 0 Å². The predicted molar refractivity (Wildman–Crippen MR) is 126 cm³/mol. The lowest BCUT2D eigenvalue weighted by Crippen LogP contribution is -2.22. The molecule has 3 aromatic rings. The van der Waals surface area contributed by atoms with Crippen LogP contribution in [-0.4, -0.2) is 31.3 Å². The summed E-state index contributed by atoms with van der Waals surface area (Å²) in [5, 5.41) is 13.5. The van der Waals surface area contributed by atoms with E-state index in [0.29, 0.717) is 17.7 Å². The van der Waals surface area contributed by atoms with Gasteiger partial charge in [-0.25, -0.2) is 8.42 Å². The second-order valence-electron chi connectivity index (χ2n) is 8.39. The van der Waals surface area contributed by atoms with Crippen molar-refractivity contribution in [1.82, 2.24) is 0 Å². The first-order valence-electron chi connectivity index (χ1n) is 10.8. The number of hydrogen-bond acceptors (Lipinski definition) is 4. The molecule has 0 spiro atoms. The number of fused-ring (bicyclic) bond motifs is 1. The van der Waals surface area contributed by atoms with Crippen LogP contribution in [-0.2, 0) is 22.7 Å². The summed E-state index contributed by atoms with van der Waals surface area (Å²) in [4.78, 5) is 12.9. The molecule has 0 radical (unpaired) electrons. The van der Waals surface area contributed by atoms with Gasteiger partial charge in [0.2, 0.25) is 0 Å². The summed E-state index contributed by atoms with van der Waals surface area (Å²) in [5.41, 5.74) is 4.89. The first-order chi connectivity index (χ1) is 15.3. The topological polar surface area (TPSA) is 83.5 Å². The Kier molecular flexibility index (Phi) is 6.17. The number of benzene rings is 3. The molecule has 1 aliphatic rings. The zero-order chi connectivity index (χ0) is 22.9. The maximum atomic E-state index is 13.0. The lowest BCUT2D eigenvalue weighted by Gasteiger charge is -2.17. The van der Waals surface area contributed by atoms with Crippen molar-refractivity contribution in [2.45, 2.75) is 43.6 Å². The van der Waals surface area contributed by atoms with Gasteiger partial charge >= 0.3 is 0 Å². The quantitative estimate of drug-likeness (QED) is 0.588. The molecule has 2 N–H and O–H groups in total. The number of rotatable bonds is 6. The van der Waals surface area contributed by atoms with Crippen molar-refractivity contribution < 1.29 is 18.3 Å². The van der Waals surface area contributed by atoms with Gasteiger partial charge in [0.1, 0.15) is 0 Å². The average Bonchev–Trinajstić information content (AvgIpc) is 3.08. The minimum atomic E-state index is -3.58. The highest BCUT2D eigenvalue weighted by atomic mass is 32.2. The third-order valence-electron chi connectivity index (χ3n) is 6.07. The van der Waals surface area contributed by atoms with Crippen molar-refractivity contribution in [3.63, 3.8) is 0 Å². The smallest absolute Gasteiger partial charge is 0.255 e. The fraction of sp³-hybridized carbons (Fsp3) is 0.269. The van der Waals surface area contributed by atoms with Gasteiger partial charge in [-0.15, -0.1) is 0 Å². The standard InChI is InChI=1S/C26H27NO4S/c1-3-18-7-11-22(12-8-18)32(30,31)16-24-23-15-21(10-9-19(23)14-25(24)28)27-26(29)20-6-4-5-17(2)13-20/h4-13,15,24-25,28H,3,14,16H2,1-2H3,(H,27,29). The fourth-order valence-corrected chi connectivity index (χ4v) is 5.85. The van der Waals surface area contributed by atoms with Crippen LogP contribution in [0.3, 0.4) is 0 Å². The Bertz CT molecular complexity index is 1250. The fourth-order valence-electron chi connectivity index (χ4n) is 4.23. The third kappa shape index (κ3) is 4.61. The van der Waals surface area contributed by atoms with E-state index >= 15 is 0 Å². The molecule has 1 aliphatic carbocycles. The van der Waals surface area contributed by atoms with E-state index in [4.69, 9.17) is 0 Å². The van der Waals surface area contributed by atoms with E-state index < -0.39 is 21.9 Å². The predicted octanol–water partition coefficient (Wildman–Crippen LogP) is 4.28. The first kappa shape index (κ1) is 22.2. The van der Waals surface area contributed by atoms with E-state index in [1.807, 2.05) is 50.2 Å². The maximum absolute atomic E-state index is 13.0. The molecule has 0 fully saturated rings. The second kappa shape index (κ2) is 8.88. The molecule has 0 bridgehead atoms. The largest absolute Gasteiger partial charge is 0.392 e. The van der Waals surface area contributed by atoms with Gasteiger partial charge in [0.15, 0.2) is 9.84 Å². The molecule has 1 amide bonds.